The first kappa shape index (κ1) is 18.2. The highest BCUT2D eigenvalue weighted by Gasteiger charge is 2.27. The van der Waals surface area contributed by atoms with E-state index in [2.05, 4.69) is 0 Å². The lowest BCUT2D eigenvalue weighted by Crippen LogP contribution is -2.35. The molecule has 2 nitrogen and oxygen atoms in total. The predicted octanol–water partition coefficient (Wildman–Crippen LogP) is 4.57. The van der Waals surface area contributed by atoms with Crippen molar-refractivity contribution in [1.82, 2.24) is 0 Å². The van der Waals surface area contributed by atoms with Crippen molar-refractivity contribution >= 4 is 8.56 Å². The molecule has 0 aliphatic rings. The molecule has 1 aromatic carbocycles. The molecular weight excluding hydrogens is 297 g/mol. The van der Waals surface area contributed by atoms with E-state index in [-0.39, 0.29) is 5.56 Å². The zero-order chi connectivity index (χ0) is 15.9. The zero-order valence-electron chi connectivity index (χ0n) is 12.8. The first-order valence-corrected chi connectivity index (χ1v) is 9.68. The van der Waals surface area contributed by atoms with Gasteiger partial charge in [-0.05, 0) is 25.4 Å². The highest BCUT2D eigenvalue weighted by atomic mass is 28.4. The van der Waals surface area contributed by atoms with E-state index >= 15 is 0 Å². The molecule has 0 N–H and O–H groups in total. The van der Waals surface area contributed by atoms with Crippen LogP contribution < -0.4 is 0 Å². The molecule has 0 aliphatic carbocycles. The third-order valence-corrected chi connectivity index (χ3v) is 6.77. The Morgan fingerprint density at radius 1 is 0.905 bits per heavy atom. The number of unbranched alkanes of at least 4 members (excludes halogenated alkanes) is 3. The third-order valence-electron chi connectivity index (χ3n) is 3.78. The van der Waals surface area contributed by atoms with E-state index in [0.717, 1.165) is 37.4 Å². The van der Waals surface area contributed by atoms with Crippen LogP contribution in [-0.4, -0.2) is 22.8 Å². The first-order valence-electron chi connectivity index (χ1n) is 7.15. The van der Waals surface area contributed by atoms with Gasteiger partial charge in [-0.1, -0.05) is 19.3 Å². The molecule has 6 heteroatoms. The fraction of sp³-hybridized carbons (Fsp3) is 0.600. The van der Waals surface area contributed by atoms with Gasteiger partial charge in [0.05, 0.1) is 0 Å². The summed E-state index contributed by atoms with van der Waals surface area (Å²) in [6.07, 6.45) is 3.77. The van der Waals surface area contributed by atoms with Crippen LogP contribution in [0.15, 0.2) is 12.1 Å². The molecule has 0 aromatic heterocycles. The molecule has 1 rings (SSSR count). The Hall–Kier alpha value is -0.853. The Bertz CT molecular complexity index is 428. The van der Waals surface area contributed by atoms with Gasteiger partial charge in [0.25, 0.3) is 0 Å². The summed E-state index contributed by atoms with van der Waals surface area (Å²) in [6.45, 7) is 2.01. The van der Waals surface area contributed by atoms with Crippen molar-refractivity contribution in [3.8, 4) is 0 Å². The largest absolute Gasteiger partial charge is 0.398 e. The van der Waals surface area contributed by atoms with Crippen LogP contribution in [-0.2, 0) is 15.3 Å². The minimum absolute atomic E-state index is 0.0237. The van der Waals surface area contributed by atoms with Crippen molar-refractivity contribution in [2.45, 2.75) is 44.7 Å². The topological polar surface area (TPSA) is 18.5 Å². The standard InChI is InChI=1S/C15H23F3O2Si/c1-19-21(3,20-2)9-7-5-4-6-8-13-14(17)10-12(16)11-15(13)18/h10-11H,4-9H2,1-3H3. The van der Waals surface area contributed by atoms with Crippen LogP contribution in [0.3, 0.4) is 0 Å². The van der Waals surface area contributed by atoms with Crippen molar-refractivity contribution < 1.29 is 22.0 Å². The Kier molecular flexibility index (Phi) is 7.41. The van der Waals surface area contributed by atoms with Gasteiger partial charge < -0.3 is 8.85 Å². The van der Waals surface area contributed by atoms with Crippen LogP contribution in [0.5, 0.6) is 0 Å². The van der Waals surface area contributed by atoms with Crippen LogP contribution in [0.2, 0.25) is 12.6 Å². The molecule has 0 atom stereocenters. The molecular formula is C15H23F3O2Si. The summed E-state index contributed by atoms with van der Waals surface area (Å²) in [4.78, 5) is 0. The summed E-state index contributed by atoms with van der Waals surface area (Å²) in [7, 11) is 1.32. The van der Waals surface area contributed by atoms with E-state index in [9.17, 15) is 13.2 Å². The molecule has 0 amide bonds. The minimum atomic E-state index is -2.01. The Morgan fingerprint density at radius 2 is 1.43 bits per heavy atom. The van der Waals surface area contributed by atoms with Crippen molar-refractivity contribution in [2.24, 2.45) is 0 Å². The fourth-order valence-electron chi connectivity index (χ4n) is 2.20. The van der Waals surface area contributed by atoms with Crippen molar-refractivity contribution in [2.75, 3.05) is 14.2 Å². The maximum atomic E-state index is 13.4. The average molecular weight is 320 g/mol. The minimum Gasteiger partial charge on any atom is -0.398 e. The Labute approximate surface area is 125 Å². The summed E-state index contributed by atoms with van der Waals surface area (Å²) in [5.74, 6) is -2.48. The van der Waals surface area contributed by atoms with Crippen molar-refractivity contribution in [3.63, 3.8) is 0 Å². The molecule has 0 aliphatic heterocycles. The number of hydrogen-bond acceptors (Lipinski definition) is 2. The fourth-order valence-corrected chi connectivity index (χ4v) is 3.67. The molecule has 0 fully saturated rings. The second-order valence-corrected chi connectivity index (χ2v) is 8.89. The van der Waals surface area contributed by atoms with Gasteiger partial charge in [-0.2, -0.15) is 0 Å². The molecule has 0 heterocycles. The lowest BCUT2D eigenvalue weighted by Gasteiger charge is -2.22. The smallest absolute Gasteiger partial charge is 0.334 e. The van der Waals surface area contributed by atoms with Crippen LogP contribution in [0.1, 0.15) is 31.2 Å². The molecule has 0 bridgehead atoms. The second kappa shape index (κ2) is 8.56. The Balaban J connectivity index is 2.29. The zero-order valence-corrected chi connectivity index (χ0v) is 13.8. The molecule has 0 radical (unpaired) electrons. The van der Waals surface area contributed by atoms with Gasteiger partial charge in [-0.25, -0.2) is 13.2 Å². The van der Waals surface area contributed by atoms with Gasteiger partial charge in [0.2, 0.25) is 0 Å². The monoisotopic (exact) mass is 320 g/mol. The highest BCUT2D eigenvalue weighted by Crippen LogP contribution is 2.20. The highest BCUT2D eigenvalue weighted by molar-refractivity contribution is 6.65. The van der Waals surface area contributed by atoms with Crippen LogP contribution >= 0.6 is 0 Å². The average Bonchev–Trinajstić information content (AvgIpc) is 2.44. The van der Waals surface area contributed by atoms with E-state index in [1.165, 1.54) is 0 Å². The summed E-state index contributed by atoms with van der Waals surface area (Å²) in [5, 5.41) is 0. The number of benzene rings is 1. The third kappa shape index (κ3) is 5.80. The van der Waals surface area contributed by atoms with Crippen LogP contribution in [0.25, 0.3) is 0 Å². The van der Waals surface area contributed by atoms with Crippen LogP contribution in [0, 0.1) is 17.5 Å². The molecule has 0 saturated heterocycles. The van der Waals surface area contributed by atoms with Crippen molar-refractivity contribution in [3.05, 3.63) is 35.1 Å². The normalized spacial score (nSPS) is 11.9. The molecule has 120 valence electrons. The van der Waals surface area contributed by atoms with Gasteiger partial charge in [0.15, 0.2) is 0 Å². The summed E-state index contributed by atoms with van der Waals surface area (Å²) >= 11 is 0. The van der Waals surface area contributed by atoms with Gasteiger partial charge >= 0.3 is 8.56 Å². The molecule has 0 unspecified atom stereocenters. The summed E-state index contributed by atoms with van der Waals surface area (Å²) < 4.78 is 50.4. The Morgan fingerprint density at radius 3 is 1.95 bits per heavy atom. The van der Waals surface area contributed by atoms with E-state index in [4.69, 9.17) is 8.85 Å². The van der Waals surface area contributed by atoms with Gasteiger partial charge in [-0.15, -0.1) is 0 Å². The maximum Gasteiger partial charge on any atom is 0.334 e. The SMILES string of the molecule is CO[Si](C)(CCCCCCc1c(F)cc(F)cc1F)OC. The number of halogens is 3. The molecule has 1 aromatic rings. The quantitative estimate of drug-likeness (QED) is 0.490. The van der Waals surface area contributed by atoms with E-state index in [1.807, 2.05) is 6.55 Å². The molecule has 0 spiro atoms. The lowest BCUT2D eigenvalue weighted by molar-refractivity contribution is 0.248. The first-order chi connectivity index (χ1) is 9.91. The van der Waals surface area contributed by atoms with Crippen LogP contribution in [0.4, 0.5) is 13.2 Å². The van der Waals surface area contributed by atoms with E-state index in [0.29, 0.717) is 12.8 Å². The molecule has 21 heavy (non-hydrogen) atoms. The summed E-state index contributed by atoms with van der Waals surface area (Å²) in [6, 6.07) is 2.36. The van der Waals surface area contributed by atoms with E-state index in [1.54, 1.807) is 14.2 Å². The predicted molar refractivity (Wildman–Crippen MR) is 78.9 cm³/mol. The van der Waals surface area contributed by atoms with Crippen molar-refractivity contribution in [1.29, 1.82) is 0 Å². The van der Waals surface area contributed by atoms with Gasteiger partial charge in [-0.3, -0.25) is 0 Å². The van der Waals surface area contributed by atoms with E-state index < -0.39 is 26.0 Å². The lowest BCUT2D eigenvalue weighted by atomic mass is 10.1. The number of hydrogen-bond donors (Lipinski definition) is 0. The number of rotatable bonds is 9. The van der Waals surface area contributed by atoms with Gasteiger partial charge in [0.1, 0.15) is 17.5 Å². The maximum absolute atomic E-state index is 13.4. The molecule has 0 saturated carbocycles. The summed E-state index contributed by atoms with van der Waals surface area (Å²) in [5.41, 5.74) is -0.0237. The van der Waals surface area contributed by atoms with Gasteiger partial charge in [0, 0.05) is 31.9 Å². The second-order valence-electron chi connectivity index (χ2n) is 5.30.